The molecule has 3 aliphatic carbocycles. The standard InChI is InChI=1S/C27H36N6O6/c34-16-28-13-19-4-1-7-22(10-19)31-25(37)32(23-8-2-5-20(11-23)14-29-17-35)27(39)33(26(31)38)24-9-3-6-21(12-24)15-30-18-36/h19-24H,1-15H2. The molecule has 3 saturated carbocycles. The molecule has 0 saturated heterocycles. The number of hydrogen-bond acceptors (Lipinski definition) is 9. The number of nitrogens with zero attached hydrogens (tertiary/aromatic N) is 6. The van der Waals surface area contributed by atoms with Crippen molar-refractivity contribution in [2.24, 2.45) is 32.7 Å². The van der Waals surface area contributed by atoms with Crippen molar-refractivity contribution >= 4 is 18.2 Å². The maximum absolute atomic E-state index is 14.0. The third-order valence-corrected chi connectivity index (χ3v) is 8.84. The lowest BCUT2D eigenvalue weighted by Gasteiger charge is -2.34. The highest BCUT2D eigenvalue weighted by Crippen LogP contribution is 2.35. The van der Waals surface area contributed by atoms with Crippen LogP contribution in [0.2, 0.25) is 0 Å². The summed E-state index contributed by atoms with van der Waals surface area (Å²) in [5, 5.41) is 0. The van der Waals surface area contributed by atoms with Gasteiger partial charge in [0, 0.05) is 18.1 Å². The van der Waals surface area contributed by atoms with Crippen LogP contribution < -0.4 is 17.1 Å². The van der Waals surface area contributed by atoms with Crippen molar-refractivity contribution in [3.63, 3.8) is 0 Å². The Bertz CT molecular complexity index is 1150. The van der Waals surface area contributed by atoms with Crippen LogP contribution in [0, 0.1) is 17.8 Å². The molecule has 0 spiro atoms. The van der Waals surface area contributed by atoms with Crippen molar-refractivity contribution in [2.45, 2.75) is 95.2 Å². The summed E-state index contributed by atoms with van der Waals surface area (Å²) in [7, 11) is 0. The van der Waals surface area contributed by atoms with E-state index in [1.54, 1.807) is 18.2 Å². The van der Waals surface area contributed by atoms with E-state index in [0.717, 1.165) is 38.5 Å². The van der Waals surface area contributed by atoms with Crippen LogP contribution in [0.5, 0.6) is 0 Å². The molecule has 6 unspecified atom stereocenters. The third-order valence-electron chi connectivity index (χ3n) is 8.84. The first-order chi connectivity index (χ1) is 19.0. The van der Waals surface area contributed by atoms with Crippen LogP contribution in [-0.4, -0.2) is 51.6 Å². The monoisotopic (exact) mass is 540 g/mol. The topological polar surface area (TPSA) is 154 Å². The molecule has 6 atom stereocenters. The third kappa shape index (κ3) is 6.59. The fourth-order valence-corrected chi connectivity index (χ4v) is 7.02. The van der Waals surface area contributed by atoms with Gasteiger partial charge in [-0.2, -0.15) is 0 Å². The molecule has 0 amide bonds. The molecule has 1 heterocycles. The summed E-state index contributed by atoms with van der Waals surface area (Å²) in [4.78, 5) is 85.1. The van der Waals surface area contributed by atoms with Crippen molar-refractivity contribution in [3.8, 4) is 0 Å². The van der Waals surface area contributed by atoms with Gasteiger partial charge in [0.2, 0.25) is 18.2 Å². The van der Waals surface area contributed by atoms with E-state index in [1.165, 1.54) is 13.7 Å². The van der Waals surface area contributed by atoms with E-state index in [9.17, 15) is 28.8 Å². The summed E-state index contributed by atoms with van der Waals surface area (Å²) in [6.45, 7) is 0.892. The zero-order valence-corrected chi connectivity index (χ0v) is 22.2. The smallest absolute Gasteiger partial charge is 0.247 e. The van der Waals surface area contributed by atoms with E-state index >= 15 is 0 Å². The molecule has 3 aliphatic rings. The number of carbonyl (C=O) groups excluding carboxylic acids is 3. The molecule has 4 rings (SSSR count). The zero-order valence-electron chi connectivity index (χ0n) is 22.2. The zero-order chi connectivity index (χ0) is 27.8. The van der Waals surface area contributed by atoms with Crippen LogP contribution in [0.15, 0.2) is 29.4 Å². The van der Waals surface area contributed by atoms with Gasteiger partial charge in [-0.15, -0.1) is 0 Å². The lowest BCUT2D eigenvalue weighted by Crippen LogP contribution is -2.58. The molecule has 0 bridgehead atoms. The molecule has 12 heteroatoms. The second-order valence-corrected chi connectivity index (χ2v) is 11.3. The molecule has 0 aromatic carbocycles. The van der Waals surface area contributed by atoms with Crippen molar-refractivity contribution in [2.75, 3.05) is 19.6 Å². The molecule has 1 aromatic heterocycles. The van der Waals surface area contributed by atoms with E-state index in [-0.39, 0.29) is 17.8 Å². The number of hydrogen-bond donors (Lipinski definition) is 0. The Kier molecular flexibility index (Phi) is 9.93. The van der Waals surface area contributed by atoms with Gasteiger partial charge in [-0.05, 0) is 75.5 Å². The normalized spacial score (nSPS) is 28.9. The van der Waals surface area contributed by atoms with Gasteiger partial charge in [-0.3, -0.25) is 0 Å². The molecule has 0 aliphatic heterocycles. The molecule has 0 N–H and O–H groups in total. The highest BCUT2D eigenvalue weighted by atomic mass is 16.2. The Morgan fingerprint density at radius 3 is 1.05 bits per heavy atom. The van der Waals surface area contributed by atoms with Gasteiger partial charge in [0.1, 0.15) is 0 Å². The van der Waals surface area contributed by atoms with Gasteiger partial charge in [0.15, 0.2) is 0 Å². The van der Waals surface area contributed by atoms with Gasteiger partial charge < -0.3 is 0 Å². The molecule has 12 nitrogen and oxygen atoms in total. The van der Waals surface area contributed by atoms with E-state index in [0.29, 0.717) is 58.2 Å². The largest absolute Gasteiger partial charge is 0.336 e. The van der Waals surface area contributed by atoms with Crippen LogP contribution in [-0.2, 0) is 14.4 Å². The van der Waals surface area contributed by atoms with Crippen LogP contribution >= 0.6 is 0 Å². The second-order valence-electron chi connectivity index (χ2n) is 11.3. The summed E-state index contributed by atoms with van der Waals surface area (Å²) in [5.74, 6) is 0.141. The van der Waals surface area contributed by atoms with Crippen LogP contribution in [0.3, 0.4) is 0 Å². The Morgan fingerprint density at radius 1 is 0.513 bits per heavy atom. The molecule has 0 radical (unpaired) electrons. The van der Waals surface area contributed by atoms with E-state index in [2.05, 4.69) is 15.0 Å². The van der Waals surface area contributed by atoms with Crippen LogP contribution in [0.25, 0.3) is 0 Å². The first-order valence-electron chi connectivity index (χ1n) is 14.1. The van der Waals surface area contributed by atoms with Crippen LogP contribution in [0.4, 0.5) is 0 Å². The van der Waals surface area contributed by atoms with E-state index in [1.807, 2.05) is 0 Å². The van der Waals surface area contributed by atoms with Crippen LogP contribution in [0.1, 0.15) is 95.2 Å². The average molecular weight is 541 g/mol. The molecule has 210 valence electrons. The summed E-state index contributed by atoms with van der Waals surface area (Å²) in [5.41, 5.74) is -1.77. The number of aromatic nitrogens is 3. The van der Waals surface area contributed by atoms with Gasteiger partial charge in [0.05, 0.1) is 19.6 Å². The Labute approximate surface area is 225 Å². The molecule has 3 fully saturated rings. The molecule has 1 aromatic rings. The van der Waals surface area contributed by atoms with Gasteiger partial charge >= 0.3 is 17.1 Å². The summed E-state index contributed by atoms with van der Waals surface area (Å²) in [6, 6.07) is -1.20. The molecular weight excluding hydrogens is 504 g/mol. The fraction of sp³-hybridized carbons (Fsp3) is 0.778. The SMILES string of the molecule is O=C=NCC1CCCC(n2c(=O)n(C3CCCC(CN=C=O)C3)c(=O)n(C3CCCC(CN=C=O)C3)c2=O)C1. The van der Waals surface area contributed by atoms with Gasteiger partial charge in [-0.25, -0.2) is 57.4 Å². The maximum Gasteiger partial charge on any atom is 0.336 e. The van der Waals surface area contributed by atoms with Gasteiger partial charge in [0.25, 0.3) is 0 Å². The minimum absolute atomic E-state index is 0.0471. The maximum atomic E-state index is 14.0. The van der Waals surface area contributed by atoms with Crippen molar-refractivity contribution in [3.05, 3.63) is 31.5 Å². The number of rotatable bonds is 9. The minimum atomic E-state index is -0.590. The summed E-state index contributed by atoms with van der Waals surface area (Å²) < 4.78 is 3.83. The highest BCUT2D eigenvalue weighted by Gasteiger charge is 2.34. The van der Waals surface area contributed by atoms with E-state index < -0.39 is 35.2 Å². The first-order valence-corrected chi connectivity index (χ1v) is 14.1. The van der Waals surface area contributed by atoms with Crippen molar-refractivity contribution < 1.29 is 14.4 Å². The predicted molar refractivity (Wildman–Crippen MR) is 141 cm³/mol. The average Bonchev–Trinajstić information content (AvgIpc) is 2.94. The first kappa shape index (κ1) is 28.6. The number of isocyanates is 3. The summed E-state index contributed by atoms with van der Waals surface area (Å²) in [6.07, 6.45) is 13.0. The Balaban J connectivity index is 1.79. The van der Waals surface area contributed by atoms with Crippen molar-refractivity contribution in [1.29, 1.82) is 0 Å². The summed E-state index contributed by atoms with van der Waals surface area (Å²) >= 11 is 0. The van der Waals surface area contributed by atoms with E-state index in [4.69, 9.17) is 0 Å². The Hall–Kier alpha value is -3.45. The number of aliphatic imine (C=N–C) groups is 3. The quantitative estimate of drug-likeness (QED) is 0.346. The second kappa shape index (κ2) is 13.6. The van der Waals surface area contributed by atoms with Gasteiger partial charge in [-0.1, -0.05) is 19.3 Å². The molecular formula is C27H36N6O6. The van der Waals surface area contributed by atoms with Crippen molar-refractivity contribution in [1.82, 2.24) is 13.7 Å². The highest BCUT2D eigenvalue weighted by molar-refractivity contribution is 5.33. The minimum Gasteiger partial charge on any atom is -0.247 e. The lowest BCUT2D eigenvalue weighted by molar-refractivity contribution is 0.200. The fourth-order valence-electron chi connectivity index (χ4n) is 7.02. The lowest BCUT2D eigenvalue weighted by atomic mass is 9.85. The predicted octanol–water partition coefficient (Wildman–Crippen LogP) is 2.37. The molecule has 39 heavy (non-hydrogen) atoms. The Morgan fingerprint density at radius 2 is 0.795 bits per heavy atom.